The van der Waals surface area contributed by atoms with Crippen molar-refractivity contribution >= 4 is 29.3 Å². The number of carbonyl (C=O) groups excluding carboxylic acids is 3. The van der Waals surface area contributed by atoms with Crippen LogP contribution < -0.4 is 10.6 Å². The minimum atomic E-state index is -0.551. The van der Waals surface area contributed by atoms with Crippen LogP contribution in [0.4, 0.5) is 4.79 Å². The van der Waals surface area contributed by atoms with Crippen molar-refractivity contribution in [2.75, 3.05) is 13.2 Å². The van der Waals surface area contributed by atoms with E-state index in [0.29, 0.717) is 4.88 Å². The van der Waals surface area contributed by atoms with Crippen molar-refractivity contribution in [1.82, 2.24) is 10.6 Å². The maximum absolute atomic E-state index is 12.0. The third kappa shape index (κ3) is 3.64. The van der Waals surface area contributed by atoms with Crippen LogP contribution in [0.15, 0.2) is 28.8 Å². The fourth-order valence-electron chi connectivity index (χ4n) is 2.00. The summed E-state index contributed by atoms with van der Waals surface area (Å²) in [6, 6.07) is 2.39. The Balaban J connectivity index is 2.15. The average Bonchev–Trinajstić information content (AvgIpc) is 2.98. The average molecular weight is 324 g/mol. The summed E-state index contributed by atoms with van der Waals surface area (Å²) in [6.07, 6.45) is 0. The largest absolute Gasteiger partial charge is 0.463 e. The van der Waals surface area contributed by atoms with Gasteiger partial charge in [-0.15, -0.1) is 11.3 Å². The molecule has 1 aliphatic heterocycles. The SMILES string of the molecule is CCOC(=O)C1=C(COC(=O)c2cccs2)NC(=O)N[C@@H]1C. The van der Waals surface area contributed by atoms with Crippen molar-refractivity contribution in [3.05, 3.63) is 33.7 Å². The van der Waals surface area contributed by atoms with E-state index in [0.717, 1.165) is 0 Å². The highest BCUT2D eigenvalue weighted by Gasteiger charge is 2.30. The van der Waals surface area contributed by atoms with Crippen LogP contribution in [-0.4, -0.2) is 37.2 Å². The highest BCUT2D eigenvalue weighted by Crippen LogP contribution is 2.16. The van der Waals surface area contributed by atoms with Gasteiger partial charge in [0, 0.05) is 0 Å². The van der Waals surface area contributed by atoms with Gasteiger partial charge in [0.1, 0.15) is 11.5 Å². The molecule has 0 fully saturated rings. The molecule has 22 heavy (non-hydrogen) atoms. The van der Waals surface area contributed by atoms with Gasteiger partial charge in [-0.05, 0) is 25.3 Å². The van der Waals surface area contributed by atoms with E-state index in [2.05, 4.69) is 10.6 Å². The minimum Gasteiger partial charge on any atom is -0.463 e. The zero-order valence-electron chi connectivity index (χ0n) is 12.2. The molecule has 0 spiro atoms. The topological polar surface area (TPSA) is 93.7 Å². The van der Waals surface area contributed by atoms with Crippen molar-refractivity contribution in [2.45, 2.75) is 19.9 Å². The van der Waals surface area contributed by atoms with Crippen molar-refractivity contribution in [3.63, 3.8) is 0 Å². The lowest BCUT2D eigenvalue weighted by atomic mass is 10.0. The standard InChI is InChI=1S/C14H16N2O5S/c1-3-20-13(18)11-8(2)15-14(19)16-9(11)7-21-12(17)10-5-4-6-22-10/h4-6,8H,3,7H2,1-2H3,(H2,15,16,19)/t8-/m1/s1. The molecule has 0 aliphatic carbocycles. The molecule has 0 unspecified atom stereocenters. The highest BCUT2D eigenvalue weighted by atomic mass is 32.1. The van der Waals surface area contributed by atoms with Crippen LogP contribution in [0.25, 0.3) is 0 Å². The van der Waals surface area contributed by atoms with Gasteiger partial charge >= 0.3 is 18.0 Å². The fourth-order valence-corrected chi connectivity index (χ4v) is 2.61. The van der Waals surface area contributed by atoms with E-state index in [1.165, 1.54) is 11.3 Å². The first-order valence-electron chi connectivity index (χ1n) is 6.71. The van der Waals surface area contributed by atoms with Crippen LogP contribution in [0.3, 0.4) is 0 Å². The molecule has 1 aliphatic rings. The van der Waals surface area contributed by atoms with E-state index in [4.69, 9.17) is 9.47 Å². The summed E-state index contributed by atoms with van der Waals surface area (Å²) in [5.74, 6) is -1.06. The first-order chi connectivity index (χ1) is 10.5. The van der Waals surface area contributed by atoms with Crippen molar-refractivity contribution in [3.8, 4) is 0 Å². The third-order valence-electron chi connectivity index (χ3n) is 2.94. The summed E-state index contributed by atoms with van der Waals surface area (Å²) < 4.78 is 10.1. The number of thiophene rings is 1. The highest BCUT2D eigenvalue weighted by molar-refractivity contribution is 7.11. The Morgan fingerprint density at radius 1 is 1.32 bits per heavy atom. The van der Waals surface area contributed by atoms with Gasteiger partial charge in [0.2, 0.25) is 0 Å². The molecule has 1 aromatic rings. The van der Waals surface area contributed by atoms with Crippen LogP contribution in [0, 0.1) is 0 Å². The Morgan fingerprint density at radius 3 is 2.73 bits per heavy atom. The monoisotopic (exact) mass is 324 g/mol. The molecule has 2 N–H and O–H groups in total. The van der Waals surface area contributed by atoms with Crippen LogP contribution in [0.5, 0.6) is 0 Å². The van der Waals surface area contributed by atoms with Crippen molar-refractivity contribution in [1.29, 1.82) is 0 Å². The van der Waals surface area contributed by atoms with Crippen molar-refractivity contribution in [2.24, 2.45) is 0 Å². The van der Waals surface area contributed by atoms with Crippen LogP contribution in [0.2, 0.25) is 0 Å². The Morgan fingerprint density at radius 2 is 2.09 bits per heavy atom. The molecule has 0 saturated heterocycles. The Hall–Kier alpha value is -2.35. The predicted octanol–water partition coefficient (Wildman–Crippen LogP) is 1.42. The second-order valence-electron chi connectivity index (χ2n) is 4.49. The molecule has 118 valence electrons. The quantitative estimate of drug-likeness (QED) is 0.799. The van der Waals surface area contributed by atoms with Crippen LogP contribution in [0.1, 0.15) is 23.5 Å². The molecule has 7 nitrogen and oxygen atoms in total. The number of nitrogens with one attached hydrogen (secondary N) is 2. The lowest BCUT2D eigenvalue weighted by Gasteiger charge is -2.26. The number of carbonyl (C=O) groups is 3. The number of hydrogen-bond acceptors (Lipinski definition) is 6. The number of amides is 2. The van der Waals surface area contributed by atoms with E-state index >= 15 is 0 Å². The van der Waals surface area contributed by atoms with Gasteiger partial charge in [-0.1, -0.05) is 6.07 Å². The van der Waals surface area contributed by atoms with Gasteiger partial charge in [-0.3, -0.25) is 0 Å². The summed E-state index contributed by atoms with van der Waals surface area (Å²) in [7, 11) is 0. The van der Waals surface area contributed by atoms with Gasteiger partial charge in [0.25, 0.3) is 0 Å². The summed E-state index contributed by atoms with van der Waals surface area (Å²) in [4.78, 5) is 35.8. The Labute approximate surface area is 131 Å². The number of esters is 2. The first-order valence-corrected chi connectivity index (χ1v) is 7.59. The Bertz CT molecular complexity index is 609. The molecule has 1 atom stereocenters. The zero-order chi connectivity index (χ0) is 16.1. The molecule has 8 heteroatoms. The Kier molecular flexibility index (Phi) is 5.16. The van der Waals surface area contributed by atoms with Gasteiger partial charge in [-0.2, -0.15) is 0 Å². The summed E-state index contributed by atoms with van der Waals surface area (Å²) in [6.45, 7) is 3.36. The molecular formula is C14H16N2O5S. The smallest absolute Gasteiger partial charge is 0.348 e. The normalized spacial score (nSPS) is 17.5. The van der Waals surface area contributed by atoms with E-state index in [9.17, 15) is 14.4 Å². The molecule has 1 aromatic heterocycles. The predicted molar refractivity (Wildman–Crippen MR) is 79.4 cm³/mol. The first kappa shape index (κ1) is 16.0. The molecule has 2 heterocycles. The minimum absolute atomic E-state index is 0.206. The van der Waals surface area contributed by atoms with E-state index in [1.54, 1.807) is 31.4 Å². The zero-order valence-corrected chi connectivity index (χ0v) is 13.0. The van der Waals surface area contributed by atoms with Crippen LogP contribution in [-0.2, 0) is 14.3 Å². The second kappa shape index (κ2) is 7.08. The maximum atomic E-state index is 12.0. The van der Waals surface area contributed by atoms with E-state index < -0.39 is 24.0 Å². The van der Waals surface area contributed by atoms with Gasteiger partial charge in [-0.25, -0.2) is 14.4 Å². The molecule has 0 aromatic carbocycles. The lowest BCUT2D eigenvalue weighted by Crippen LogP contribution is -2.50. The third-order valence-corrected chi connectivity index (χ3v) is 3.79. The second-order valence-corrected chi connectivity index (χ2v) is 5.43. The fraction of sp³-hybridized carbons (Fsp3) is 0.357. The molecule has 0 radical (unpaired) electrons. The van der Waals surface area contributed by atoms with Crippen molar-refractivity contribution < 1.29 is 23.9 Å². The summed E-state index contributed by atoms with van der Waals surface area (Å²) in [5, 5.41) is 6.82. The number of hydrogen-bond donors (Lipinski definition) is 2. The van der Waals surface area contributed by atoms with Crippen LogP contribution >= 0.6 is 11.3 Å². The summed E-state index contributed by atoms with van der Waals surface area (Å²) >= 11 is 1.25. The number of urea groups is 1. The summed E-state index contributed by atoms with van der Waals surface area (Å²) in [5.41, 5.74) is 0.486. The van der Waals surface area contributed by atoms with E-state index in [1.807, 2.05) is 0 Å². The molecule has 2 amide bonds. The molecular weight excluding hydrogens is 308 g/mol. The molecule has 0 saturated carbocycles. The number of ether oxygens (including phenoxy) is 2. The number of rotatable bonds is 5. The lowest BCUT2D eigenvalue weighted by molar-refractivity contribution is -0.139. The van der Waals surface area contributed by atoms with Gasteiger partial charge in [0.15, 0.2) is 0 Å². The molecule has 0 bridgehead atoms. The maximum Gasteiger partial charge on any atom is 0.348 e. The van der Waals surface area contributed by atoms with Gasteiger partial charge < -0.3 is 20.1 Å². The van der Waals surface area contributed by atoms with Gasteiger partial charge in [0.05, 0.1) is 23.9 Å². The molecule has 2 rings (SSSR count). The van der Waals surface area contributed by atoms with E-state index in [-0.39, 0.29) is 24.5 Å².